The third-order valence-corrected chi connectivity index (χ3v) is 3.63. The summed E-state index contributed by atoms with van der Waals surface area (Å²) in [6, 6.07) is 2.93. The van der Waals surface area contributed by atoms with Crippen LogP contribution in [0.3, 0.4) is 0 Å². The summed E-state index contributed by atoms with van der Waals surface area (Å²) >= 11 is 5.89. The number of anilines is 1. The Kier molecular flexibility index (Phi) is 7.16. The minimum atomic E-state index is -4.62. The summed E-state index contributed by atoms with van der Waals surface area (Å²) in [6.45, 7) is 1.34. The number of alkyl halides is 3. The lowest BCUT2D eigenvalue weighted by Crippen LogP contribution is -2.26. The number of hydrogen-bond acceptors (Lipinski definition) is 5. The average molecular weight is 417 g/mol. The van der Waals surface area contributed by atoms with Crippen molar-refractivity contribution >= 4 is 29.2 Å². The van der Waals surface area contributed by atoms with Gasteiger partial charge in [0.05, 0.1) is 22.8 Å². The van der Waals surface area contributed by atoms with Crippen LogP contribution >= 0.6 is 11.6 Å². The Morgan fingerprint density at radius 3 is 2.68 bits per heavy atom. The predicted molar refractivity (Wildman–Crippen MR) is 95.2 cm³/mol. The molecular formula is C17H16ClF3N4O3. The molecule has 2 rings (SSSR count). The molecule has 2 heterocycles. The van der Waals surface area contributed by atoms with E-state index in [1.165, 1.54) is 18.5 Å². The van der Waals surface area contributed by atoms with E-state index in [9.17, 15) is 22.8 Å². The number of rotatable bonds is 7. The number of amides is 2. The van der Waals surface area contributed by atoms with Gasteiger partial charge < -0.3 is 15.4 Å². The Labute approximate surface area is 163 Å². The molecule has 0 fully saturated rings. The zero-order chi connectivity index (χ0) is 20.7. The SMILES string of the molecule is CC(=O)Nc1cc(C(F)(F)F)cc(OCCCNC(=O)c2cnccc2Cl)n1. The first kappa shape index (κ1) is 21.4. The molecule has 7 nitrogen and oxygen atoms in total. The van der Waals surface area contributed by atoms with Gasteiger partial charge in [0.15, 0.2) is 0 Å². The second-order valence-electron chi connectivity index (χ2n) is 5.57. The molecule has 28 heavy (non-hydrogen) atoms. The molecule has 11 heteroatoms. The highest BCUT2D eigenvalue weighted by molar-refractivity contribution is 6.33. The Bertz CT molecular complexity index is 862. The summed E-state index contributed by atoms with van der Waals surface area (Å²) in [5.74, 6) is -1.55. The van der Waals surface area contributed by atoms with Crippen LogP contribution in [-0.4, -0.2) is 34.9 Å². The monoisotopic (exact) mass is 416 g/mol. The van der Waals surface area contributed by atoms with Gasteiger partial charge in [-0.3, -0.25) is 14.6 Å². The van der Waals surface area contributed by atoms with Crippen molar-refractivity contribution in [3.63, 3.8) is 0 Å². The molecule has 2 aromatic heterocycles. The van der Waals surface area contributed by atoms with E-state index in [-0.39, 0.29) is 35.4 Å². The molecule has 0 spiro atoms. The standard InChI is InChI=1S/C17H16ClF3N4O3/c1-10(26)24-14-7-11(17(19,20)21)8-15(25-14)28-6-2-4-23-16(27)12-9-22-5-3-13(12)18/h3,5,7-9H,2,4,6H2,1H3,(H,23,27)(H,24,25,26). The van der Waals surface area contributed by atoms with Gasteiger partial charge in [0.25, 0.3) is 5.91 Å². The van der Waals surface area contributed by atoms with E-state index in [2.05, 4.69) is 20.6 Å². The molecular weight excluding hydrogens is 401 g/mol. The minimum Gasteiger partial charge on any atom is -0.478 e. The Morgan fingerprint density at radius 2 is 2.04 bits per heavy atom. The number of nitrogens with zero attached hydrogens (tertiary/aromatic N) is 2. The van der Waals surface area contributed by atoms with Gasteiger partial charge >= 0.3 is 6.18 Å². The lowest BCUT2D eigenvalue weighted by Gasteiger charge is -2.12. The molecule has 0 aromatic carbocycles. The van der Waals surface area contributed by atoms with Crippen LogP contribution in [0, 0.1) is 0 Å². The number of nitrogens with one attached hydrogen (secondary N) is 2. The topological polar surface area (TPSA) is 93.2 Å². The number of aromatic nitrogens is 2. The van der Waals surface area contributed by atoms with Crippen LogP contribution in [0.4, 0.5) is 19.0 Å². The molecule has 2 aromatic rings. The van der Waals surface area contributed by atoms with Crippen molar-refractivity contribution in [2.45, 2.75) is 19.5 Å². The van der Waals surface area contributed by atoms with Crippen molar-refractivity contribution in [2.75, 3.05) is 18.5 Å². The fraction of sp³-hybridized carbons (Fsp3) is 0.294. The van der Waals surface area contributed by atoms with Crippen LogP contribution in [0.1, 0.15) is 29.3 Å². The highest BCUT2D eigenvalue weighted by atomic mass is 35.5. The smallest absolute Gasteiger partial charge is 0.416 e. The van der Waals surface area contributed by atoms with Crippen LogP contribution < -0.4 is 15.4 Å². The Morgan fingerprint density at radius 1 is 1.29 bits per heavy atom. The second kappa shape index (κ2) is 9.36. The Balaban J connectivity index is 1.90. The van der Waals surface area contributed by atoms with Crippen LogP contribution in [0.5, 0.6) is 5.88 Å². The molecule has 0 aliphatic heterocycles. The minimum absolute atomic E-state index is 0.00509. The number of hydrogen-bond donors (Lipinski definition) is 2. The normalized spacial score (nSPS) is 11.0. The quantitative estimate of drug-likeness (QED) is 0.675. The van der Waals surface area contributed by atoms with Gasteiger partial charge in [0.1, 0.15) is 5.82 Å². The second-order valence-corrected chi connectivity index (χ2v) is 5.98. The van der Waals surface area contributed by atoms with Crippen molar-refractivity contribution in [2.24, 2.45) is 0 Å². The van der Waals surface area contributed by atoms with Gasteiger partial charge in [0, 0.05) is 31.9 Å². The molecule has 0 bridgehead atoms. The molecule has 2 amide bonds. The van der Waals surface area contributed by atoms with Crippen molar-refractivity contribution in [1.82, 2.24) is 15.3 Å². The molecule has 0 atom stereocenters. The van der Waals surface area contributed by atoms with Crippen LogP contribution in [0.2, 0.25) is 5.02 Å². The zero-order valence-corrected chi connectivity index (χ0v) is 15.4. The molecule has 0 aliphatic carbocycles. The molecule has 0 aliphatic rings. The Hall–Kier alpha value is -2.88. The van der Waals surface area contributed by atoms with Crippen molar-refractivity contribution < 1.29 is 27.5 Å². The number of carbonyl (C=O) groups is 2. The molecule has 0 radical (unpaired) electrons. The maximum atomic E-state index is 13.0. The molecule has 0 unspecified atom stereocenters. The molecule has 2 N–H and O–H groups in total. The van der Waals surface area contributed by atoms with E-state index >= 15 is 0 Å². The van der Waals surface area contributed by atoms with Crippen LogP contribution in [-0.2, 0) is 11.0 Å². The molecule has 0 saturated carbocycles. The van der Waals surface area contributed by atoms with Gasteiger partial charge in [-0.25, -0.2) is 0 Å². The lowest BCUT2D eigenvalue weighted by atomic mass is 10.2. The summed E-state index contributed by atoms with van der Waals surface area (Å²) in [5, 5.41) is 5.04. The highest BCUT2D eigenvalue weighted by Gasteiger charge is 2.32. The lowest BCUT2D eigenvalue weighted by molar-refractivity contribution is -0.137. The molecule has 150 valence electrons. The first-order valence-electron chi connectivity index (χ1n) is 8.04. The third-order valence-electron chi connectivity index (χ3n) is 3.30. The van der Waals surface area contributed by atoms with E-state index in [0.717, 1.165) is 13.0 Å². The van der Waals surface area contributed by atoms with E-state index in [0.29, 0.717) is 12.5 Å². The summed E-state index contributed by atoms with van der Waals surface area (Å²) in [5.41, 5.74) is -0.787. The van der Waals surface area contributed by atoms with E-state index < -0.39 is 23.6 Å². The summed E-state index contributed by atoms with van der Waals surface area (Å²) in [4.78, 5) is 30.6. The number of ether oxygens (including phenoxy) is 1. The van der Waals surface area contributed by atoms with Gasteiger partial charge in [-0.15, -0.1) is 0 Å². The largest absolute Gasteiger partial charge is 0.478 e. The fourth-order valence-electron chi connectivity index (χ4n) is 2.08. The number of pyridine rings is 2. The molecule has 0 saturated heterocycles. The van der Waals surface area contributed by atoms with Crippen molar-refractivity contribution in [1.29, 1.82) is 0 Å². The maximum absolute atomic E-state index is 13.0. The summed E-state index contributed by atoms with van der Waals surface area (Å²) in [7, 11) is 0. The maximum Gasteiger partial charge on any atom is 0.416 e. The summed E-state index contributed by atoms with van der Waals surface area (Å²) < 4.78 is 44.1. The van der Waals surface area contributed by atoms with Gasteiger partial charge in [-0.05, 0) is 18.6 Å². The van der Waals surface area contributed by atoms with Gasteiger partial charge in [-0.2, -0.15) is 18.2 Å². The van der Waals surface area contributed by atoms with Gasteiger partial charge in [-0.1, -0.05) is 11.6 Å². The third kappa shape index (κ3) is 6.38. The van der Waals surface area contributed by atoms with E-state index in [1.807, 2.05) is 0 Å². The number of carbonyl (C=O) groups excluding carboxylic acids is 2. The first-order valence-corrected chi connectivity index (χ1v) is 8.42. The number of halogens is 4. The highest BCUT2D eigenvalue weighted by Crippen LogP contribution is 2.32. The predicted octanol–water partition coefficient (Wildman–Crippen LogP) is 3.31. The van der Waals surface area contributed by atoms with Crippen molar-refractivity contribution in [3.05, 3.63) is 46.7 Å². The average Bonchev–Trinajstić information content (AvgIpc) is 2.60. The zero-order valence-electron chi connectivity index (χ0n) is 14.6. The van der Waals surface area contributed by atoms with Crippen LogP contribution in [0.25, 0.3) is 0 Å². The van der Waals surface area contributed by atoms with Gasteiger partial charge in [0.2, 0.25) is 11.8 Å². The van der Waals surface area contributed by atoms with Crippen LogP contribution in [0.15, 0.2) is 30.6 Å². The van der Waals surface area contributed by atoms with E-state index in [1.54, 1.807) is 0 Å². The first-order chi connectivity index (χ1) is 13.2. The van der Waals surface area contributed by atoms with E-state index in [4.69, 9.17) is 16.3 Å². The van der Waals surface area contributed by atoms with Crippen molar-refractivity contribution in [3.8, 4) is 5.88 Å². The summed E-state index contributed by atoms with van der Waals surface area (Å²) in [6.07, 6.45) is -1.54. The fourth-order valence-corrected chi connectivity index (χ4v) is 2.27.